The number of carbonyl (C=O) groups is 2. The van der Waals surface area contributed by atoms with E-state index in [2.05, 4.69) is 31.4 Å². The fourth-order valence-electron chi connectivity index (χ4n) is 1.52. The number of hydrogen-bond donors (Lipinski definition) is 3. The molecule has 6 heteroatoms. The van der Waals surface area contributed by atoms with Crippen LogP contribution >= 0.6 is 11.8 Å². The molecule has 0 aliphatic rings. The molecule has 0 aliphatic heterocycles. The first-order valence-corrected chi connectivity index (χ1v) is 7.95. The number of carbonyl (C=O) groups excluding carboxylic acids is 2. The molecule has 3 amide bonds. The van der Waals surface area contributed by atoms with E-state index in [1.165, 1.54) is 0 Å². The summed E-state index contributed by atoms with van der Waals surface area (Å²) in [7, 11) is 0. The molecule has 1 aromatic rings. The molecule has 0 atom stereocenters. The Hall–Kier alpha value is -1.69. The van der Waals surface area contributed by atoms with Crippen molar-refractivity contribution in [2.24, 2.45) is 11.1 Å². The van der Waals surface area contributed by atoms with Gasteiger partial charge in [0.1, 0.15) is 0 Å². The first-order chi connectivity index (χ1) is 9.99. The van der Waals surface area contributed by atoms with Crippen LogP contribution in [0.25, 0.3) is 0 Å². The number of urea groups is 1. The Balaban J connectivity index is 2.53. The van der Waals surface area contributed by atoms with E-state index in [1.54, 1.807) is 25.6 Å². The SMILES string of the molecule is CC(C)(C)Sc1ccc(NC(=O)NCC(C)(C)C(N)=O)cc1. The van der Waals surface area contributed by atoms with Gasteiger partial charge in [-0.2, -0.15) is 0 Å². The summed E-state index contributed by atoms with van der Waals surface area (Å²) in [6.45, 7) is 10.0. The molecule has 0 spiro atoms. The molecule has 0 saturated carbocycles. The number of anilines is 1. The Morgan fingerprint density at radius 1 is 1.09 bits per heavy atom. The van der Waals surface area contributed by atoms with E-state index >= 15 is 0 Å². The minimum absolute atomic E-state index is 0.145. The van der Waals surface area contributed by atoms with Crippen molar-refractivity contribution in [1.82, 2.24) is 5.32 Å². The van der Waals surface area contributed by atoms with Crippen molar-refractivity contribution in [3.63, 3.8) is 0 Å². The number of rotatable bonds is 5. The Bertz CT molecular complexity index is 533. The standard InChI is InChI=1S/C16H25N3O2S/c1-15(2,3)22-12-8-6-11(7-9-12)19-14(21)18-10-16(4,5)13(17)20/h6-9H,10H2,1-5H3,(H2,17,20)(H2,18,19,21). The Morgan fingerprint density at radius 2 is 1.64 bits per heavy atom. The summed E-state index contributed by atoms with van der Waals surface area (Å²) in [6, 6.07) is 7.29. The molecule has 1 aromatic carbocycles. The predicted molar refractivity (Wildman–Crippen MR) is 92.0 cm³/mol. The number of hydrogen-bond acceptors (Lipinski definition) is 3. The third kappa shape index (κ3) is 6.39. The summed E-state index contributed by atoms with van der Waals surface area (Å²) in [5.41, 5.74) is 5.19. The lowest BCUT2D eigenvalue weighted by atomic mass is 9.93. The van der Waals surface area contributed by atoms with Crippen LogP contribution in [0.2, 0.25) is 0 Å². The average molecular weight is 323 g/mol. The number of primary amides is 1. The van der Waals surface area contributed by atoms with Gasteiger partial charge >= 0.3 is 6.03 Å². The highest BCUT2D eigenvalue weighted by atomic mass is 32.2. The Morgan fingerprint density at radius 3 is 2.09 bits per heavy atom. The zero-order valence-electron chi connectivity index (χ0n) is 13.8. The molecule has 122 valence electrons. The van der Waals surface area contributed by atoms with Gasteiger partial charge in [-0.1, -0.05) is 20.8 Å². The Kier molecular flexibility index (Phi) is 5.88. The van der Waals surface area contributed by atoms with Gasteiger partial charge in [-0.15, -0.1) is 11.8 Å². The zero-order chi connectivity index (χ0) is 17.0. The second-order valence-corrected chi connectivity index (χ2v) is 8.69. The van der Waals surface area contributed by atoms with Gasteiger partial charge in [0.05, 0.1) is 5.41 Å². The molecule has 0 bridgehead atoms. The maximum atomic E-state index is 11.8. The molecule has 0 saturated heterocycles. The molecule has 22 heavy (non-hydrogen) atoms. The number of thioether (sulfide) groups is 1. The van der Waals surface area contributed by atoms with Crippen molar-refractivity contribution < 1.29 is 9.59 Å². The highest BCUT2D eigenvalue weighted by Crippen LogP contribution is 2.32. The minimum Gasteiger partial charge on any atom is -0.369 e. The van der Waals surface area contributed by atoms with Crippen LogP contribution in [0.15, 0.2) is 29.2 Å². The molecule has 4 N–H and O–H groups in total. The summed E-state index contributed by atoms with van der Waals surface area (Å²) in [4.78, 5) is 24.2. The van der Waals surface area contributed by atoms with E-state index in [9.17, 15) is 9.59 Å². The van der Waals surface area contributed by atoms with Crippen LogP contribution in [0.5, 0.6) is 0 Å². The molecule has 0 fully saturated rings. The molecular formula is C16H25N3O2S. The van der Waals surface area contributed by atoms with Crippen LogP contribution in [0.1, 0.15) is 34.6 Å². The van der Waals surface area contributed by atoms with Gasteiger partial charge < -0.3 is 16.4 Å². The van der Waals surface area contributed by atoms with Crippen molar-refractivity contribution in [2.45, 2.75) is 44.3 Å². The van der Waals surface area contributed by atoms with Crippen LogP contribution in [-0.2, 0) is 4.79 Å². The number of benzene rings is 1. The summed E-state index contributed by atoms with van der Waals surface area (Å²) >= 11 is 1.77. The second-order valence-electron chi connectivity index (χ2n) is 6.79. The maximum absolute atomic E-state index is 11.8. The average Bonchev–Trinajstić information content (AvgIpc) is 2.37. The zero-order valence-corrected chi connectivity index (χ0v) is 14.6. The van der Waals surface area contributed by atoms with Gasteiger partial charge in [-0.05, 0) is 38.1 Å². The van der Waals surface area contributed by atoms with Crippen molar-refractivity contribution in [3.8, 4) is 0 Å². The largest absolute Gasteiger partial charge is 0.369 e. The monoisotopic (exact) mass is 323 g/mol. The molecule has 0 aromatic heterocycles. The number of amides is 3. The van der Waals surface area contributed by atoms with E-state index in [0.717, 1.165) is 4.90 Å². The van der Waals surface area contributed by atoms with Gasteiger partial charge in [0.15, 0.2) is 0 Å². The molecule has 0 heterocycles. The van der Waals surface area contributed by atoms with Gasteiger partial charge in [0, 0.05) is 21.9 Å². The lowest BCUT2D eigenvalue weighted by Crippen LogP contribution is -2.43. The van der Waals surface area contributed by atoms with E-state index in [-0.39, 0.29) is 17.3 Å². The van der Waals surface area contributed by atoms with Crippen LogP contribution in [0, 0.1) is 5.41 Å². The van der Waals surface area contributed by atoms with Crippen molar-refractivity contribution in [2.75, 3.05) is 11.9 Å². The van der Waals surface area contributed by atoms with Gasteiger partial charge in [-0.25, -0.2) is 4.79 Å². The van der Waals surface area contributed by atoms with Gasteiger partial charge in [-0.3, -0.25) is 4.79 Å². The second kappa shape index (κ2) is 7.05. The third-order valence-corrected chi connectivity index (χ3v) is 4.01. The van der Waals surface area contributed by atoms with Crippen molar-refractivity contribution >= 4 is 29.4 Å². The molecule has 5 nitrogen and oxygen atoms in total. The maximum Gasteiger partial charge on any atom is 0.319 e. The fourth-order valence-corrected chi connectivity index (χ4v) is 2.50. The first-order valence-electron chi connectivity index (χ1n) is 7.13. The van der Waals surface area contributed by atoms with Gasteiger partial charge in [0.2, 0.25) is 5.91 Å². The smallest absolute Gasteiger partial charge is 0.319 e. The number of nitrogens with one attached hydrogen (secondary N) is 2. The van der Waals surface area contributed by atoms with Crippen LogP contribution in [-0.4, -0.2) is 23.2 Å². The lowest BCUT2D eigenvalue weighted by molar-refractivity contribution is -0.125. The van der Waals surface area contributed by atoms with Crippen LogP contribution in [0.4, 0.5) is 10.5 Å². The molecule has 1 rings (SSSR count). The van der Waals surface area contributed by atoms with E-state index in [0.29, 0.717) is 5.69 Å². The summed E-state index contributed by atoms with van der Waals surface area (Å²) in [5, 5.41) is 5.38. The fraction of sp³-hybridized carbons (Fsp3) is 0.500. The van der Waals surface area contributed by atoms with E-state index in [4.69, 9.17) is 5.73 Å². The lowest BCUT2D eigenvalue weighted by Gasteiger charge is -2.21. The highest BCUT2D eigenvalue weighted by molar-refractivity contribution is 8.00. The topological polar surface area (TPSA) is 84.2 Å². The van der Waals surface area contributed by atoms with Gasteiger partial charge in [0.25, 0.3) is 0 Å². The van der Waals surface area contributed by atoms with E-state index in [1.807, 2.05) is 24.3 Å². The molecule has 0 aliphatic carbocycles. The van der Waals surface area contributed by atoms with Crippen molar-refractivity contribution in [1.29, 1.82) is 0 Å². The van der Waals surface area contributed by atoms with Crippen LogP contribution in [0.3, 0.4) is 0 Å². The van der Waals surface area contributed by atoms with E-state index < -0.39 is 11.3 Å². The summed E-state index contributed by atoms with van der Waals surface area (Å²) in [6.07, 6.45) is 0. The quantitative estimate of drug-likeness (QED) is 0.727. The Labute approximate surface area is 136 Å². The predicted octanol–water partition coefficient (Wildman–Crippen LogP) is 3.21. The normalized spacial score (nSPS) is 11.9. The molecular weight excluding hydrogens is 298 g/mol. The van der Waals surface area contributed by atoms with Crippen molar-refractivity contribution in [3.05, 3.63) is 24.3 Å². The molecule has 0 radical (unpaired) electrons. The number of nitrogens with two attached hydrogens (primary N) is 1. The summed E-state index contributed by atoms with van der Waals surface area (Å²) < 4.78 is 0.145. The first kappa shape index (κ1) is 18.4. The highest BCUT2D eigenvalue weighted by Gasteiger charge is 2.25. The van der Waals surface area contributed by atoms with Crippen LogP contribution < -0.4 is 16.4 Å². The minimum atomic E-state index is -0.773. The third-order valence-electron chi connectivity index (χ3n) is 2.89. The summed E-state index contributed by atoms with van der Waals surface area (Å²) in [5.74, 6) is -0.448. The molecule has 0 unspecified atom stereocenters.